The Bertz CT molecular complexity index is 427. The lowest BCUT2D eigenvalue weighted by Gasteiger charge is -2.08. The van der Waals surface area contributed by atoms with Gasteiger partial charge in [0.15, 0.2) is 0 Å². The number of nitrogens with zero attached hydrogens (tertiary/aromatic N) is 2. The van der Waals surface area contributed by atoms with Crippen LogP contribution in [0, 0.1) is 0 Å². The monoisotopic (exact) mass is 239 g/mol. The second-order valence-corrected chi connectivity index (χ2v) is 3.27. The fraction of sp³-hybridized carbons (Fsp3) is 0.300. The number of rotatable bonds is 5. The zero-order chi connectivity index (χ0) is 12.8. The Morgan fingerprint density at radius 1 is 1.71 bits per heavy atom. The molecule has 0 amide bonds. The van der Waals surface area contributed by atoms with Crippen molar-refractivity contribution in [1.82, 2.24) is 9.55 Å². The summed E-state index contributed by atoms with van der Waals surface area (Å²) in [4.78, 5) is 25.8. The maximum Gasteiger partial charge on any atom is 0.419 e. The van der Waals surface area contributed by atoms with Crippen LogP contribution >= 0.6 is 0 Å². The predicted molar refractivity (Wildman–Crippen MR) is 58.5 cm³/mol. The second-order valence-electron chi connectivity index (χ2n) is 3.27. The van der Waals surface area contributed by atoms with Crippen molar-refractivity contribution in [2.24, 2.45) is 5.73 Å². The quantitative estimate of drug-likeness (QED) is 0.701. The topological polar surface area (TPSA) is 107 Å². The number of aliphatic carboxylic acids is 1. The summed E-state index contributed by atoms with van der Waals surface area (Å²) >= 11 is 0. The van der Waals surface area contributed by atoms with Crippen LogP contribution in [0.3, 0.4) is 0 Å². The van der Waals surface area contributed by atoms with Gasteiger partial charge in [0.25, 0.3) is 0 Å². The molecule has 1 aromatic heterocycles. The number of carbonyl (C=O) groups excluding carboxylic acids is 1. The van der Waals surface area contributed by atoms with Crippen molar-refractivity contribution in [3.05, 3.63) is 30.9 Å². The van der Waals surface area contributed by atoms with E-state index in [4.69, 9.17) is 15.6 Å². The average molecular weight is 239 g/mol. The Morgan fingerprint density at radius 3 is 3.00 bits per heavy atom. The number of hydrogen-bond donors (Lipinski definition) is 2. The molecular weight excluding hydrogens is 226 g/mol. The van der Waals surface area contributed by atoms with E-state index in [2.05, 4.69) is 11.6 Å². The van der Waals surface area contributed by atoms with Crippen LogP contribution < -0.4 is 5.73 Å². The van der Waals surface area contributed by atoms with Crippen LogP contribution in [0.4, 0.5) is 4.79 Å². The van der Waals surface area contributed by atoms with E-state index in [0.717, 1.165) is 4.57 Å². The maximum atomic E-state index is 11.5. The highest BCUT2D eigenvalue weighted by atomic mass is 16.5. The molecule has 0 spiro atoms. The van der Waals surface area contributed by atoms with Crippen LogP contribution in [-0.2, 0) is 16.0 Å². The number of ether oxygens (including phenoxy) is 1. The third-order valence-corrected chi connectivity index (χ3v) is 1.98. The molecule has 0 aliphatic rings. The zero-order valence-corrected chi connectivity index (χ0v) is 9.07. The summed E-state index contributed by atoms with van der Waals surface area (Å²) in [6, 6.07) is -1.09. The predicted octanol–water partition coefficient (Wildman–Crippen LogP) is 0.00820. The van der Waals surface area contributed by atoms with Gasteiger partial charge in [0.05, 0.1) is 5.69 Å². The van der Waals surface area contributed by atoms with E-state index in [0.29, 0.717) is 5.69 Å². The summed E-state index contributed by atoms with van der Waals surface area (Å²) in [5, 5.41) is 8.67. The van der Waals surface area contributed by atoms with Gasteiger partial charge in [0, 0.05) is 12.6 Å². The number of imidazole rings is 1. The van der Waals surface area contributed by atoms with Crippen molar-refractivity contribution in [1.29, 1.82) is 0 Å². The van der Waals surface area contributed by atoms with Gasteiger partial charge in [0.2, 0.25) is 0 Å². The highest BCUT2D eigenvalue weighted by Gasteiger charge is 2.17. The van der Waals surface area contributed by atoms with Gasteiger partial charge in [-0.05, 0) is 0 Å². The third-order valence-electron chi connectivity index (χ3n) is 1.98. The second kappa shape index (κ2) is 5.80. The van der Waals surface area contributed by atoms with Crippen molar-refractivity contribution in [3.8, 4) is 0 Å². The normalized spacial score (nSPS) is 11.8. The lowest BCUT2D eigenvalue weighted by atomic mass is 10.2. The third kappa shape index (κ3) is 3.42. The first-order chi connectivity index (χ1) is 8.06. The molecular formula is C10H13N3O4. The van der Waals surface area contributed by atoms with E-state index >= 15 is 0 Å². The molecule has 0 unspecified atom stereocenters. The highest BCUT2D eigenvalue weighted by Crippen LogP contribution is 2.04. The Kier molecular flexibility index (Phi) is 4.41. The number of hydrogen-bond acceptors (Lipinski definition) is 5. The lowest BCUT2D eigenvalue weighted by Crippen LogP contribution is -2.33. The van der Waals surface area contributed by atoms with E-state index in [1.165, 1.54) is 18.6 Å². The fourth-order valence-electron chi connectivity index (χ4n) is 1.15. The van der Waals surface area contributed by atoms with Gasteiger partial charge in [-0.2, -0.15) is 0 Å². The van der Waals surface area contributed by atoms with Crippen molar-refractivity contribution in [2.75, 3.05) is 6.61 Å². The molecule has 17 heavy (non-hydrogen) atoms. The smallest absolute Gasteiger partial charge is 0.419 e. The number of nitrogens with two attached hydrogens (primary N) is 1. The first kappa shape index (κ1) is 12.9. The minimum Gasteiger partial charge on any atom is -0.480 e. The van der Waals surface area contributed by atoms with Gasteiger partial charge in [-0.15, -0.1) is 0 Å². The van der Waals surface area contributed by atoms with E-state index in [1.54, 1.807) is 0 Å². The molecule has 0 radical (unpaired) electrons. The molecule has 7 heteroatoms. The Morgan fingerprint density at radius 2 is 2.41 bits per heavy atom. The molecule has 0 bridgehead atoms. The number of carboxylic acid groups (broad SMARTS) is 1. The van der Waals surface area contributed by atoms with Gasteiger partial charge in [-0.25, -0.2) is 14.3 Å². The minimum atomic E-state index is -1.14. The first-order valence-corrected chi connectivity index (χ1v) is 4.84. The van der Waals surface area contributed by atoms with E-state index in [1.807, 2.05) is 0 Å². The summed E-state index contributed by atoms with van der Waals surface area (Å²) in [7, 11) is 0. The van der Waals surface area contributed by atoms with Gasteiger partial charge < -0.3 is 15.6 Å². The zero-order valence-electron chi connectivity index (χ0n) is 9.07. The van der Waals surface area contributed by atoms with Crippen molar-refractivity contribution < 1.29 is 19.4 Å². The van der Waals surface area contributed by atoms with E-state index in [9.17, 15) is 9.59 Å². The van der Waals surface area contributed by atoms with Crippen LogP contribution in [0.25, 0.3) is 0 Å². The Labute approximate surface area is 97.5 Å². The SMILES string of the molecule is C=CCOC(=O)n1cncc1C[C@H](N)C(=O)O. The molecule has 1 rings (SSSR count). The molecule has 1 atom stereocenters. The van der Waals surface area contributed by atoms with Gasteiger partial charge in [-0.1, -0.05) is 12.7 Å². The maximum absolute atomic E-state index is 11.5. The van der Waals surface area contributed by atoms with Gasteiger partial charge in [-0.3, -0.25) is 4.79 Å². The summed E-state index contributed by atoms with van der Waals surface area (Å²) < 4.78 is 5.91. The molecule has 0 aliphatic carbocycles. The Balaban J connectivity index is 2.75. The molecule has 3 N–H and O–H groups in total. The average Bonchev–Trinajstić information content (AvgIpc) is 2.73. The number of aromatic nitrogens is 2. The van der Waals surface area contributed by atoms with Crippen molar-refractivity contribution in [3.63, 3.8) is 0 Å². The minimum absolute atomic E-state index is 0.00147. The molecule has 1 aromatic rings. The largest absolute Gasteiger partial charge is 0.480 e. The first-order valence-electron chi connectivity index (χ1n) is 4.84. The standard InChI is InChI=1S/C10H13N3O4/c1-2-3-17-10(16)13-6-12-5-7(13)4-8(11)9(14)15/h2,5-6,8H,1,3-4,11H2,(H,14,15)/t8-/m0/s1. The molecule has 0 aromatic carbocycles. The van der Waals surface area contributed by atoms with Crippen LogP contribution in [0.1, 0.15) is 5.69 Å². The fourth-order valence-corrected chi connectivity index (χ4v) is 1.15. The molecule has 0 fully saturated rings. The van der Waals surface area contributed by atoms with Crippen molar-refractivity contribution >= 4 is 12.1 Å². The van der Waals surface area contributed by atoms with Crippen LogP contribution in [0.5, 0.6) is 0 Å². The van der Waals surface area contributed by atoms with Gasteiger partial charge >= 0.3 is 12.1 Å². The van der Waals surface area contributed by atoms with E-state index in [-0.39, 0.29) is 13.0 Å². The molecule has 1 heterocycles. The summed E-state index contributed by atoms with van der Waals surface area (Å²) in [5.74, 6) is -1.14. The number of carbonyl (C=O) groups is 2. The molecule has 0 saturated carbocycles. The van der Waals surface area contributed by atoms with Crippen LogP contribution in [0.2, 0.25) is 0 Å². The van der Waals surface area contributed by atoms with Gasteiger partial charge in [0.1, 0.15) is 19.0 Å². The van der Waals surface area contributed by atoms with Crippen LogP contribution in [-0.4, -0.2) is 39.4 Å². The highest BCUT2D eigenvalue weighted by molar-refractivity contribution is 5.74. The molecule has 92 valence electrons. The van der Waals surface area contributed by atoms with Crippen molar-refractivity contribution in [2.45, 2.75) is 12.5 Å². The summed E-state index contributed by atoms with van der Waals surface area (Å²) in [6.07, 6.45) is 3.40. The molecule has 0 saturated heterocycles. The summed E-state index contributed by atoms with van der Waals surface area (Å²) in [5.41, 5.74) is 5.75. The van der Waals surface area contributed by atoms with Crippen LogP contribution in [0.15, 0.2) is 25.2 Å². The van der Waals surface area contributed by atoms with E-state index < -0.39 is 18.1 Å². The molecule has 7 nitrogen and oxygen atoms in total. The number of carboxylic acids is 1. The summed E-state index contributed by atoms with van der Waals surface area (Å²) in [6.45, 7) is 3.48. The molecule has 0 aliphatic heterocycles. The Hall–Kier alpha value is -2.15. The lowest BCUT2D eigenvalue weighted by molar-refractivity contribution is -0.138.